The smallest absolute Gasteiger partial charge is 0.0499 e. The molecule has 0 saturated heterocycles. The molecule has 0 aliphatic rings. The number of ether oxygens (including phenoxy) is 1. The van der Waals surface area contributed by atoms with Crippen LogP contribution in [0.5, 0.6) is 0 Å². The van der Waals surface area contributed by atoms with Crippen molar-refractivity contribution in [3.05, 3.63) is 11.6 Å². The molecule has 0 atom stereocenters. The lowest BCUT2D eigenvalue weighted by molar-refractivity contribution is 0.202. The van der Waals surface area contributed by atoms with Crippen LogP contribution in [0.25, 0.3) is 0 Å². The van der Waals surface area contributed by atoms with E-state index in [-0.39, 0.29) is 0 Å². The van der Waals surface area contributed by atoms with Crippen molar-refractivity contribution in [1.82, 2.24) is 0 Å². The molecule has 0 aromatic heterocycles. The van der Waals surface area contributed by atoms with Gasteiger partial charge >= 0.3 is 0 Å². The lowest BCUT2D eigenvalue weighted by atomic mass is 10.2. The van der Waals surface area contributed by atoms with E-state index in [0.717, 1.165) is 26.0 Å². The van der Waals surface area contributed by atoms with E-state index in [2.05, 4.69) is 13.0 Å². The van der Waals surface area contributed by atoms with Gasteiger partial charge in [0.1, 0.15) is 0 Å². The van der Waals surface area contributed by atoms with Gasteiger partial charge in [0.2, 0.25) is 0 Å². The van der Waals surface area contributed by atoms with Gasteiger partial charge in [0.15, 0.2) is 0 Å². The first-order valence-corrected chi connectivity index (χ1v) is 3.66. The summed E-state index contributed by atoms with van der Waals surface area (Å²) < 4.78 is 4.92. The average molecular weight is 143 g/mol. The molecule has 0 unspecified atom stereocenters. The van der Waals surface area contributed by atoms with E-state index >= 15 is 0 Å². The Morgan fingerprint density at radius 3 is 2.80 bits per heavy atom. The molecular weight excluding hydrogens is 126 g/mol. The highest BCUT2D eigenvalue weighted by Crippen LogP contribution is 1.99. The number of nitrogens with two attached hydrogens (primary N) is 1. The van der Waals surface area contributed by atoms with Crippen molar-refractivity contribution >= 4 is 0 Å². The van der Waals surface area contributed by atoms with E-state index in [1.54, 1.807) is 7.11 Å². The topological polar surface area (TPSA) is 35.2 Å². The zero-order valence-corrected chi connectivity index (χ0v) is 6.89. The summed E-state index contributed by atoms with van der Waals surface area (Å²) in [7, 11) is 1.72. The molecular formula is C8H17NO. The summed E-state index contributed by atoms with van der Waals surface area (Å²) >= 11 is 0. The largest absolute Gasteiger partial charge is 0.384 e. The fourth-order valence-electron chi connectivity index (χ4n) is 0.695. The molecule has 0 spiro atoms. The van der Waals surface area contributed by atoms with E-state index in [1.807, 2.05) is 0 Å². The number of rotatable bonds is 5. The summed E-state index contributed by atoms with van der Waals surface area (Å²) in [5.41, 5.74) is 6.70. The van der Waals surface area contributed by atoms with Crippen LogP contribution in [0.15, 0.2) is 11.6 Å². The monoisotopic (exact) mass is 143 g/mol. The minimum Gasteiger partial charge on any atom is -0.384 e. The van der Waals surface area contributed by atoms with E-state index in [0.29, 0.717) is 0 Å². The highest BCUT2D eigenvalue weighted by molar-refractivity contribution is 4.97. The zero-order valence-electron chi connectivity index (χ0n) is 6.89. The summed E-state index contributed by atoms with van der Waals surface area (Å²) in [4.78, 5) is 0. The minimum atomic E-state index is 0.740. The van der Waals surface area contributed by atoms with Crippen molar-refractivity contribution in [2.24, 2.45) is 5.73 Å². The molecule has 0 aromatic carbocycles. The van der Waals surface area contributed by atoms with E-state index < -0.39 is 0 Å². The van der Waals surface area contributed by atoms with Crippen LogP contribution in [-0.4, -0.2) is 20.3 Å². The van der Waals surface area contributed by atoms with Crippen LogP contribution in [0.2, 0.25) is 0 Å². The molecule has 2 heteroatoms. The predicted octanol–water partition coefficient (Wildman–Crippen LogP) is 1.32. The molecule has 2 N–H and O–H groups in total. The van der Waals surface area contributed by atoms with Gasteiger partial charge < -0.3 is 10.5 Å². The van der Waals surface area contributed by atoms with Gasteiger partial charge in [-0.1, -0.05) is 11.6 Å². The minimum absolute atomic E-state index is 0.740. The summed E-state index contributed by atoms with van der Waals surface area (Å²) in [6.07, 6.45) is 4.17. The number of methoxy groups -OCH3 is 1. The Labute approximate surface area is 63.1 Å². The maximum absolute atomic E-state index is 5.33. The fourth-order valence-corrected chi connectivity index (χ4v) is 0.695. The molecule has 0 heterocycles. The quantitative estimate of drug-likeness (QED) is 0.589. The van der Waals surface area contributed by atoms with Crippen LogP contribution in [0, 0.1) is 0 Å². The molecule has 60 valence electrons. The highest BCUT2D eigenvalue weighted by atomic mass is 16.5. The SMILES string of the molecule is COCCC(C)=CCCN. The van der Waals surface area contributed by atoms with Crippen LogP contribution in [0.3, 0.4) is 0 Å². The molecule has 0 aliphatic heterocycles. The summed E-state index contributed by atoms with van der Waals surface area (Å²) in [6.45, 7) is 3.66. The van der Waals surface area contributed by atoms with Crippen LogP contribution in [0.4, 0.5) is 0 Å². The number of hydrogen-bond donors (Lipinski definition) is 1. The highest BCUT2D eigenvalue weighted by Gasteiger charge is 1.87. The maximum atomic E-state index is 5.33. The first kappa shape index (κ1) is 9.66. The van der Waals surface area contributed by atoms with Gasteiger partial charge in [-0.2, -0.15) is 0 Å². The third-order valence-corrected chi connectivity index (χ3v) is 1.36. The Morgan fingerprint density at radius 1 is 1.60 bits per heavy atom. The average Bonchev–Trinajstić information content (AvgIpc) is 1.97. The van der Waals surface area contributed by atoms with Crippen LogP contribution in [-0.2, 0) is 4.74 Å². The van der Waals surface area contributed by atoms with Gasteiger partial charge in [0, 0.05) is 13.7 Å². The van der Waals surface area contributed by atoms with Gasteiger partial charge in [-0.05, 0) is 26.3 Å². The lowest BCUT2D eigenvalue weighted by Gasteiger charge is -1.98. The Kier molecular flexibility index (Phi) is 6.55. The summed E-state index contributed by atoms with van der Waals surface area (Å²) in [6, 6.07) is 0. The summed E-state index contributed by atoms with van der Waals surface area (Å²) in [5, 5.41) is 0. The normalized spacial score (nSPS) is 12.1. The molecule has 0 fully saturated rings. The van der Waals surface area contributed by atoms with Crippen molar-refractivity contribution in [2.45, 2.75) is 19.8 Å². The van der Waals surface area contributed by atoms with Gasteiger partial charge in [0.05, 0.1) is 0 Å². The van der Waals surface area contributed by atoms with E-state index in [1.165, 1.54) is 5.57 Å². The van der Waals surface area contributed by atoms with Gasteiger partial charge in [-0.3, -0.25) is 0 Å². The Hall–Kier alpha value is -0.340. The van der Waals surface area contributed by atoms with Gasteiger partial charge in [-0.15, -0.1) is 0 Å². The van der Waals surface area contributed by atoms with Gasteiger partial charge in [-0.25, -0.2) is 0 Å². The molecule has 0 radical (unpaired) electrons. The Morgan fingerprint density at radius 2 is 2.30 bits per heavy atom. The predicted molar refractivity (Wildman–Crippen MR) is 43.9 cm³/mol. The second-order valence-corrected chi connectivity index (χ2v) is 2.37. The maximum Gasteiger partial charge on any atom is 0.0499 e. The fraction of sp³-hybridized carbons (Fsp3) is 0.750. The second-order valence-electron chi connectivity index (χ2n) is 2.37. The van der Waals surface area contributed by atoms with Crippen LogP contribution < -0.4 is 5.73 Å². The molecule has 0 amide bonds. The summed E-state index contributed by atoms with van der Waals surface area (Å²) in [5.74, 6) is 0. The zero-order chi connectivity index (χ0) is 7.82. The lowest BCUT2D eigenvalue weighted by Crippen LogP contribution is -1.96. The first-order chi connectivity index (χ1) is 4.81. The molecule has 0 bridgehead atoms. The molecule has 0 aromatic rings. The van der Waals surface area contributed by atoms with Crippen LogP contribution >= 0.6 is 0 Å². The Bertz CT molecular complexity index is 99.4. The van der Waals surface area contributed by atoms with Crippen molar-refractivity contribution < 1.29 is 4.74 Å². The molecule has 2 nitrogen and oxygen atoms in total. The number of hydrogen-bond acceptors (Lipinski definition) is 2. The van der Waals surface area contributed by atoms with E-state index in [4.69, 9.17) is 10.5 Å². The third-order valence-electron chi connectivity index (χ3n) is 1.36. The standard InChI is InChI=1S/C8H17NO/c1-8(4-3-6-9)5-7-10-2/h4H,3,5-7,9H2,1-2H3. The first-order valence-electron chi connectivity index (χ1n) is 3.66. The molecule has 0 saturated carbocycles. The van der Waals surface area contributed by atoms with Crippen molar-refractivity contribution in [3.63, 3.8) is 0 Å². The van der Waals surface area contributed by atoms with Crippen molar-refractivity contribution in [2.75, 3.05) is 20.3 Å². The van der Waals surface area contributed by atoms with Gasteiger partial charge in [0.25, 0.3) is 0 Å². The van der Waals surface area contributed by atoms with Crippen molar-refractivity contribution in [1.29, 1.82) is 0 Å². The van der Waals surface area contributed by atoms with E-state index in [9.17, 15) is 0 Å². The molecule has 10 heavy (non-hydrogen) atoms. The van der Waals surface area contributed by atoms with Crippen LogP contribution in [0.1, 0.15) is 19.8 Å². The molecule has 0 aliphatic carbocycles. The third kappa shape index (κ3) is 5.79. The second kappa shape index (κ2) is 6.78. The Balaban J connectivity index is 3.30. The molecule has 0 rings (SSSR count). The van der Waals surface area contributed by atoms with Crippen molar-refractivity contribution in [3.8, 4) is 0 Å².